The lowest BCUT2D eigenvalue weighted by atomic mass is 9.49. The fourth-order valence-electron chi connectivity index (χ4n) is 4.76. The second-order valence-corrected chi connectivity index (χ2v) is 8.70. The summed E-state index contributed by atoms with van der Waals surface area (Å²) in [6, 6.07) is 8.87. The van der Waals surface area contributed by atoms with E-state index in [1.807, 2.05) is 0 Å². The zero-order valence-electron chi connectivity index (χ0n) is 13.4. The summed E-state index contributed by atoms with van der Waals surface area (Å²) < 4.78 is 1.30. The SMILES string of the molecule is CC(C)CNCC1(c2ccccc2Br)CC2(CCCC2)C1. The molecule has 0 amide bonds. The van der Waals surface area contributed by atoms with Gasteiger partial charge in [0.15, 0.2) is 0 Å². The fourth-order valence-corrected chi connectivity index (χ4v) is 5.47. The Morgan fingerprint density at radius 2 is 1.81 bits per heavy atom. The molecule has 0 aromatic heterocycles. The zero-order valence-corrected chi connectivity index (χ0v) is 15.0. The zero-order chi connectivity index (χ0) is 14.9. The Bertz CT molecular complexity index is 480. The Balaban J connectivity index is 1.78. The van der Waals surface area contributed by atoms with E-state index in [1.54, 1.807) is 0 Å². The van der Waals surface area contributed by atoms with Gasteiger partial charge in [0.25, 0.3) is 0 Å². The van der Waals surface area contributed by atoms with Crippen LogP contribution in [0.3, 0.4) is 0 Å². The number of rotatable bonds is 5. The van der Waals surface area contributed by atoms with Crippen LogP contribution in [-0.4, -0.2) is 13.1 Å². The molecule has 2 fully saturated rings. The third-order valence-electron chi connectivity index (χ3n) is 5.55. The number of benzene rings is 1. The van der Waals surface area contributed by atoms with Crippen molar-refractivity contribution in [2.45, 2.75) is 57.8 Å². The molecule has 1 aromatic rings. The topological polar surface area (TPSA) is 12.0 Å². The molecule has 0 unspecified atom stereocenters. The monoisotopic (exact) mass is 349 g/mol. The van der Waals surface area contributed by atoms with Gasteiger partial charge in [-0.2, -0.15) is 0 Å². The van der Waals surface area contributed by atoms with Crippen molar-refractivity contribution < 1.29 is 0 Å². The van der Waals surface area contributed by atoms with Gasteiger partial charge in [0, 0.05) is 16.4 Å². The van der Waals surface area contributed by atoms with Gasteiger partial charge in [-0.1, -0.05) is 60.8 Å². The Morgan fingerprint density at radius 1 is 1.14 bits per heavy atom. The first-order valence-electron chi connectivity index (χ1n) is 8.51. The molecule has 1 nitrogen and oxygen atoms in total. The van der Waals surface area contributed by atoms with Crippen molar-refractivity contribution in [2.75, 3.05) is 13.1 Å². The van der Waals surface area contributed by atoms with E-state index in [-0.39, 0.29) is 0 Å². The summed E-state index contributed by atoms with van der Waals surface area (Å²) in [5.74, 6) is 0.724. The Morgan fingerprint density at radius 3 is 2.43 bits per heavy atom. The molecule has 1 aromatic carbocycles. The predicted molar refractivity (Wildman–Crippen MR) is 93.7 cm³/mol. The van der Waals surface area contributed by atoms with Crippen LogP contribution in [0.15, 0.2) is 28.7 Å². The van der Waals surface area contributed by atoms with Gasteiger partial charge < -0.3 is 5.32 Å². The van der Waals surface area contributed by atoms with Crippen LogP contribution >= 0.6 is 15.9 Å². The van der Waals surface area contributed by atoms with E-state index in [1.165, 1.54) is 48.6 Å². The molecule has 2 saturated carbocycles. The van der Waals surface area contributed by atoms with E-state index < -0.39 is 0 Å². The highest BCUT2D eigenvalue weighted by molar-refractivity contribution is 9.10. The molecule has 0 radical (unpaired) electrons. The molecule has 3 rings (SSSR count). The molecule has 21 heavy (non-hydrogen) atoms. The van der Waals surface area contributed by atoms with Crippen LogP contribution in [0.5, 0.6) is 0 Å². The molecule has 2 aliphatic carbocycles. The van der Waals surface area contributed by atoms with Crippen LogP contribution in [0, 0.1) is 11.3 Å². The van der Waals surface area contributed by atoms with Crippen molar-refractivity contribution in [1.82, 2.24) is 5.32 Å². The van der Waals surface area contributed by atoms with Crippen LogP contribution in [0.2, 0.25) is 0 Å². The summed E-state index contributed by atoms with van der Waals surface area (Å²) >= 11 is 3.80. The maximum atomic E-state index is 3.80. The maximum absolute atomic E-state index is 3.80. The van der Waals surface area contributed by atoms with Crippen molar-refractivity contribution in [3.63, 3.8) is 0 Å². The molecule has 2 aliphatic rings. The van der Waals surface area contributed by atoms with Gasteiger partial charge >= 0.3 is 0 Å². The van der Waals surface area contributed by atoms with Crippen LogP contribution in [0.4, 0.5) is 0 Å². The van der Waals surface area contributed by atoms with Gasteiger partial charge in [0.05, 0.1) is 0 Å². The van der Waals surface area contributed by atoms with Crippen LogP contribution in [0.25, 0.3) is 0 Å². The van der Waals surface area contributed by atoms with Gasteiger partial charge in [0.1, 0.15) is 0 Å². The van der Waals surface area contributed by atoms with Gasteiger partial charge in [-0.05, 0) is 55.2 Å². The molecular weight excluding hydrogens is 322 g/mol. The first-order chi connectivity index (χ1) is 10.1. The number of hydrogen-bond donors (Lipinski definition) is 1. The molecule has 1 N–H and O–H groups in total. The number of nitrogens with one attached hydrogen (secondary N) is 1. The van der Waals surface area contributed by atoms with E-state index in [4.69, 9.17) is 0 Å². The Hall–Kier alpha value is -0.340. The summed E-state index contributed by atoms with van der Waals surface area (Å²) in [7, 11) is 0. The quantitative estimate of drug-likeness (QED) is 0.761. The molecule has 0 bridgehead atoms. The Labute approximate surface area is 138 Å². The Kier molecular flexibility index (Phi) is 4.47. The third-order valence-corrected chi connectivity index (χ3v) is 6.24. The molecule has 2 heteroatoms. The molecular formula is C19H28BrN. The van der Waals surface area contributed by atoms with Gasteiger partial charge in [0.2, 0.25) is 0 Å². The van der Waals surface area contributed by atoms with E-state index in [9.17, 15) is 0 Å². The summed E-state index contributed by atoms with van der Waals surface area (Å²) in [6.07, 6.45) is 8.59. The van der Waals surface area contributed by atoms with E-state index in [0.717, 1.165) is 19.0 Å². The highest BCUT2D eigenvalue weighted by Gasteiger charge is 2.55. The molecule has 116 valence electrons. The van der Waals surface area contributed by atoms with E-state index in [0.29, 0.717) is 10.8 Å². The summed E-state index contributed by atoms with van der Waals surface area (Å²) in [6.45, 7) is 6.84. The lowest BCUT2D eigenvalue weighted by molar-refractivity contribution is 0.0262. The van der Waals surface area contributed by atoms with Crippen molar-refractivity contribution >= 4 is 15.9 Å². The third kappa shape index (κ3) is 3.07. The van der Waals surface area contributed by atoms with Crippen molar-refractivity contribution in [2.24, 2.45) is 11.3 Å². The van der Waals surface area contributed by atoms with Gasteiger partial charge in [-0.15, -0.1) is 0 Å². The lowest BCUT2D eigenvalue weighted by Crippen LogP contribution is -2.54. The minimum Gasteiger partial charge on any atom is -0.316 e. The molecule has 1 spiro atoms. The van der Waals surface area contributed by atoms with Crippen molar-refractivity contribution in [3.8, 4) is 0 Å². The maximum Gasteiger partial charge on any atom is 0.0213 e. The molecule has 0 aliphatic heterocycles. The highest BCUT2D eigenvalue weighted by Crippen LogP contribution is 2.63. The van der Waals surface area contributed by atoms with E-state index in [2.05, 4.69) is 59.4 Å². The number of hydrogen-bond acceptors (Lipinski definition) is 1. The normalized spacial score (nSPS) is 22.7. The smallest absolute Gasteiger partial charge is 0.0213 e. The second kappa shape index (κ2) is 6.04. The van der Waals surface area contributed by atoms with Gasteiger partial charge in [-0.3, -0.25) is 0 Å². The van der Waals surface area contributed by atoms with Crippen LogP contribution in [-0.2, 0) is 5.41 Å². The van der Waals surface area contributed by atoms with Crippen LogP contribution in [0.1, 0.15) is 57.9 Å². The average Bonchev–Trinajstić information content (AvgIpc) is 2.87. The largest absolute Gasteiger partial charge is 0.316 e. The van der Waals surface area contributed by atoms with Crippen LogP contribution < -0.4 is 5.32 Å². The molecule has 0 atom stereocenters. The lowest BCUT2D eigenvalue weighted by Gasteiger charge is -2.56. The van der Waals surface area contributed by atoms with E-state index >= 15 is 0 Å². The highest BCUT2D eigenvalue weighted by atomic mass is 79.9. The fraction of sp³-hybridized carbons (Fsp3) is 0.684. The standard InChI is InChI=1S/C19H28BrN/c1-15(2)11-21-14-19(16-7-3-4-8-17(16)20)12-18(13-19)9-5-6-10-18/h3-4,7-8,15,21H,5-6,9-14H2,1-2H3. The number of halogens is 1. The second-order valence-electron chi connectivity index (χ2n) is 7.85. The van der Waals surface area contributed by atoms with Crippen molar-refractivity contribution in [3.05, 3.63) is 34.3 Å². The first-order valence-corrected chi connectivity index (χ1v) is 9.30. The summed E-state index contributed by atoms with van der Waals surface area (Å²) in [5, 5.41) is 3.74. The van der Waals surface area contributed by atoms with Crippen molar-refractivity contribution in [1.29, 1.82) is 0 Å². The first kappa shape index (κ1) is 15.6. The summed E-state index contributed by atoms with van der Waals surface area (Å²) in [4.78, 5) is 0. The molecule has 0 saturated heterocycles. The summed E-state index contributed by atoms with van der Waals surface area (Å²) in [5.41, 5.74) is 2.56. The average molecular weight is 350 g/mol. The predicted octanol–water partition coefficient (Wildman–Crippen LogP) is 5.29. The molecule has 0 heterocycles. The minimum atomic E-state index is 0.360. The minimum absolute atomic E-state index is 0.360. The van der Waals surface area contributed by atoms with Gasteiger partial charge in [-0.25, -0.2) is 0 Å².